The minimum absolute atomic E-state index is 0.00213. The number of piperazine rings is 1. The van der Waals surface area contributed by atoms with Gasteiger partial charge >= 0.3 is 0 Å². The van der Waals surface area contributed by atoms with E-state index in [2.05, 4.69) is 10.3 Å². The van der Waals surface area contributed by atoms with Gasteiger partial charge in [0, 0.05) is 24.2 Å². The number of aromatic nitrogens is 1. The van der Waals surface area contributed by atoms with Crippen molar-refractivity contribution in [1.82, 2.24) is 15.2 Å². The molecular weight excluding hydrogens is 258 g/mol. The fourth-order valence-electron chi connectivity index (χ4n) is 1.46. The molecule has 0 bridgehead atoms. The van der Waals surface area contributed by atoms with Crippen molar-refractivity contribution in [3.05, 3.63) is 11.1 Å². The van der Waals surface area contributed by atoms with Crippen LogP contribution in [0.4, 0.5) is 0 Å². The van der Waals surface area contributed by atoms with Crippen LogP contribution < -0.4 is 5.32 Å². The SMILES string of the molecule is Cc1csc(SCC(=O)N2CCNC(=O)C2)n1. The van der Waals surface area contributed by atoms with Crippen molar-refractivity contribution in [1.29, 1.82) is 0 Å². The van der Waals surface area contributed by atoms with E-state index < -0.39 is 0 Å². The molecule has 0 aromatic carbocycles. The van der Waals surface area contributed by atoms with Gasteiger partial charge in [-0.25, -0.2) is 4.98 Å². The van der Waals surface area contributed by atoms with Crippen molar-refractivity contribution in [3.8, 4) is 0 Å². The summed E-state index contributed by atoms with van der Waals surface area (Å²) in [4.78, 5) is 28.8. The number of nitrogens with zero attached hydrogens (tertiary/aromatic N) is 2. The summed E-state index contributed by atoms with van der Waals surface area (Å²) in [7, 11) is 0. The van der Waals surface area contributed by atoms with Gasteiger partial charge < -0.3 is 10.2 Å². The molecule has 1 fully saturated rings. The Kier molecular flexibility index (Phi) is 4.01. The summed E-state index contributed by atoms with van der Waals surface area (Å²) in [5.74, 6) is 0.262. The summed E-state index contributed by atoms with van der Waals surface area (Å²) in [5.41, 5.74) is 0.974. The molecule has 0 aliphatic carbocycles. The van der Waals surface area contributed by atoms with Crippen LogP contribution in [0.2, 0.25) is 0 Å². The summed E-state index contributed by atoms with van der Waals surface area (Å²) in [6.07, 6.45) is 0. The number of thiazole rings is 1. The van der Waals surface area contributed by atoms with Gasteiger partial charge in [-0.05, 0) is 6.92 Å². The van der Waals surface area contributed by atoms with E-state index in [1.165, 1.54) is 11.8 Å². The topological polar surface area (TPSA) is 62.3 Å². The highest BCUT2D eigenvalue weighted by atomic mass is 32.2. The van der Waals surface area contributed by atoms with E-state index in [4.69, 9.17) is 0 Å². The third-order valence-electron chi connectivity index (χ3n) is 2.31. The highest BCUT2D eigenvalue weighted by Gasteiger charge is 2.21. The van der Waals surface area contributed by atoms with E-state index in [-0.39, 0.29) is 18.4 Å². The normalized spacial score (nSPS) is 15.8. The molecule has 1 aliphatic heterocycles. The van der Waals surface area contributed by atoms with E-state index >= 15 is 0 Å². The molecule has 7 heteroatoms. The molecule has 0 radical (unpaired) electrons. The maximum absolute atomic E-state index is 11.8. The molecule has 0 unspecified atom stereocenters. The lowest BCUT2D eigenvalue weighted by Gasteiger charge is -2.26. The second-order valence-electron chi connectivity index (χ2n) is 3.71. The lowest BCUT2D eigenvalue weighted by atomic mass is 10.3. The molecule has 17 heavy (non-hydrogen) atoms. The van der Waals surface area contributed by atoms with Gasteiger partial charge in [0.15, 0.2) is 4.34 Å². The first-order chi connectivity index (χ1) is 8.15. The first kappa shape index (κ1) is 12.4. The Balaban J connectivity index is 1.82. The summed E-state index contributed by atoms with van der Waals surface area (Å²) >= 11 is 2.97. The Labute approximate surface area is 108 Å². The van der Waals surface area contributed by atoms with Crippen LogP contribution in [0.5, 0.6) is 0 Å². The summed E-state index contributed by atoms with van der Waals surface area (Å²) in [6.45, 7) is 3.25. The van der Waals surface area contributed by atoms with Crippen LogP contribution in [0.1, 0.15) is 5.69 Å². The van der Waals surface area contributed by atoms with Crippen molar-refractivity contribution < 1.29 is 9.59 Å². The van der Waals surface area contributed by atoms with Crippen molar-refractivity contribution >= 4 is 34.9 Å². The van der Waals surface area contributed by atoms with Gasteiger partial charge in [0.1, 0.15) is 0 Å². The van der Waals surface area contributed by atoms with Gasteiger partial charge in [-0.15, -0.1) is 11.3 Å². The molecule has 2 amide bonds. The summed E-state index contributed by atoms with van der Waals surface area (Å²) in [5, 5.41) is 4.65. The first-order valence-corrected chi connectivity index (χ1v) is 7.11. The fraction of sp³-hybridized carbons (Fsp3) is 0.500. The third kappa shape index (κ3) is 3.44. The van der Waals surface area contributed by atoms with Crippen LogP contribution in [-0.2, 0) is 9.59 Å². The highest BCUT2D eigenvalue weighted by Crippen LogP contribution is 2.22. The Morgan fingerprint density at radius 1 is 1.71 bits per heavy atom. The number of hydrogen-bond acceptors (Lipinski definition) is 5. The summed E-state index contributed by atoms with van der Waals surface area (Å²) < 4.78 is 0.900. The highest BCUT2D eigenvalue weighted by molar-refractivity contribution is 8.01. The number of thioether (sulfide) groups is 1. The van der Waals surface area contributed by atoms with E-state index in [1.54, 1.807) is 16.2 Å². The minimum Gasteiger partial charge on any atom is -0.353 e. The zero-order valence-corrected chi connectivity index (χ0v) is 11.1. The lowest BCUT2D eigenvalue weighted by molar-refractivity contribution is -0.136. The molecular formula is C10H13N3O2S2. The Hall–Kier alpha value is -1.08. The molecule has 1 aromatic rings. The number of carbonyl (C=O) groups is 2. The molecule has 0 atom stereocenters. The number of aryl methyl sites for hydroxylation is 1. The van der Waals surface area contributed by atoms with Crippen LogP contribution in [0, 0.1) is 6.92 Å². The number of hydrogen-bond donors (Lipinski definition) is 1. The van der Waals surface area contributed by atoms with E-state index in [0.717, 1.165) is 10.0 Å². The third-order valence-corrected chi connectivity index (χ3v) is 4.43. The van der Waals surface area contributed by atoms with Gasteiger partial charge in [-0.1, -0.05) is 11.8 Å². The molecule has 5 nitrogen and oxygen atoms in total. The smallest absolute Gasteiger partial charge is 0.239 e. The molecule has 2 rings (SSSR count). The van der Waals surface area contributed by atoms with Crippen molar-refractivity contribution in [2.75, 3.05) is 25.4 Å². The molecule has 92 valence electrons. The van der Waals surface area contributed by atoms with Crippen LogP contribution in [0.25, 0.3) is 0 Å². The lowest BCUT2D eigenvalue weighted by Crippen LogP contribution is -2.50. The Bertz CT molecular complexity index is 433. The predicted molar refractivity (Wildman–Crippen MR) is 67.2 cm³/mol. The number of carbonyl (C=O) groups excluding carboxylic acids is 2. The first-order valence-electron chi connectivity index (χ1n) is 5.24. The van der Waals surface area contributed by atoms with Gasteiger partial charge in [0.25, 0.3) is 0 Å². The monoisotopic (exact) mass is 271 g/mol. The number of nitrogens with one attached hydrogen (secondary N) is 1. The minimum atomic E-state index is -0.0836. The average Bonchev–Trinajstić information content (AvgIpc) is 2.72. The maximum atomic E-state index is 11.8. The predicted octanol–water partition coefficient (Wildman–Crippen LogP) is 0.502. The summed E-state index contributed by atoms with van der Waals surface area (Å²) in [6, 6.07) is 0. The van der Waals surface area contributed by atoms with Crippen LogP contribution in [-0.4, -0.2) is 47.1 Å². The van der Waals surface area contributed by atoms with Crippen molar-refractivity contribution in [2.24, 2.45) is 0 Å². The molecule has 1 aromatic heterocycles. The van der Waals surface area contributed by atoms with E-state index in [0.29, 0.717) is 18.8 Å². The standard InChI is InChI=1S/C10H13N3O2S2/c1-7-5-16-10(12-7)17-6-9(15)13-3-2-11-8(14)4-13/h5H,2-4,6H2,1H3,(H,11,14). The molecule has 2 heterocycles. The zero-order valence-electron chi connectivity index (χ0n) is 9.43. The van der Waals surface area contributed by atoms with Crippen LogP contribution >= 0.6 is 23.1 Å². The van der Waals surface area contributed by atoms with Crippen molar-refractivity contribution in [2.45, 2.75) is 11.3 Å². The second-order valence-corrected chi connectivity index (χ2v) is 5.79. The van der Waals surface area contributed by atoms with Gasteiger partial charge in [-0.2, -0.15) is 0 Å². The number of amides is 2. The van der Waals surface area contributed by atoms with E-state index in [1.807, 2.05) is 12.3 Å². The Morgan fingerprint density at radius 2 is 2.53 bits per heavy atom. The van der Waals surface area contributed by atoms with Crippen molar-refractivity contribution in [3.63, 3.8) is 0 Å². The average molecular weight is 271 g/mol. The Morgan fingerprint density at radius 3 is 3.18 bits per heavy atom. The van der Waals surface area contributed by atoms with Crippen LogP contribution in [0.15, 0.2) is 9.72 Å². The molecule has 1 aliphatic rings. The molecule has 0 saturated carbocycles. The van der Waals surface area contributed by atoms with Crippen LogP contribution in [0.3, 0.4) is 0 Å². The van der Waals surface area contributed by atoms with Gasteiger partial charge in [-0.3, -0.25) is 9.59 Å². The van der Waals surface area contributed by atoms with Gasteiger partial charge in [0.2, 0.25) is 11.8 Å². The largest absolute Gasteiger partial charge is 0.353 e. The van der Waals surface area contributed by atoms with Gasteiger partial charge in [0.05, 0.1) is 12.3 Å². The molecule has 1 N–H and O–H groups in total. The zero-order chi connectivity index (χ0) is 12.3. The van der Waals surface area contributed by atoms with E-state index in [9.17, 15) is 9.59 Å². The fourth-order valence-corrected chi connectivity index (χ4v) is 3.22. The quantitative estimate of drug-likeness (QED) is 0.813. The molecule has 1 saturated heterocycles. The second kappa shape index (κ2) is 5.50. The number of rotatable bonds is 3. The maximum Gasteiger partial charge on any atom is 0.239 e. The molecule has 0 spiro atoms.